The Labute approximate surface area is 175 Å². The van der Waals surface area contributed by atoms with E-state index in [1.54, 1.807) is 25.1 Å². The predicted molar refractivity (Wildman–Crippen MR) is 117 cm³/mol. The molecule has 7 heteroatoms. The third kappa shape index (κ3) is 5.68. The van der Waals surface area contributed by atoms with Gasteiger partial charge in [0.05, 0.1) is 5.52 Å². The monoisotopic (exact) mass is 409 g/mol. The van der Waals surface area contributed by atoms with Crippen LogP contribution < -0.4 is 20.3 Å². The van der Waals surface area contributed by atoms with Gasteiger partial charge in [-0.1, -0.05) is 30.3 Å². The first-order valence-electron chi connectivity index (χ1n) is 9.91. The standard InChI is InChI=1S/C23H27N3O4/c1-3-7-17-8-4-5-10-20(17)29-13-12-24-14-18(27)15-30-21-11-6-9-19-22(21)25-16(2)23(28)26-19/h3-6,8-11,18,24,27H,1,7,12-15H2,2H3,(H,26,28). The van der Waals surface area contributed by atoms with E-state index in [9.17, 15) is 9.90 Å². The maximum atomic E-state index is 11.7. The number of ether oxygens (including phenoxy) is 2. The van der Waals surface area contributed by atoms with Crippen LogP contribution in [0.2, 0.25) is 0 Å². The van der Waals surface area contributed by atoms with Crippen LogP contribution in [0.5, 0.6) is 11.5 Å². The molecule has 0 aliphatic carbocycles. The molecule has 0 spiro atoms. The van der Waals surface area contributed by atoms with E-state index in [0.29, 0.717) is 42.2 Å². The van der Waals surface area contributed by atoms with Gasteiger partial charge in [-0.15, -0.1) is 6.58 Å². The summed E-state index contributed by atoms with van der Waals surface area (Å²) < 4.78 is 11.5. The van der Waals surface area contributed by atoms with Gasteiger partial charge in [-0.05, 0) is 37.1 Å². The number of hydrogen-bond acceptors (Lipinski definition) is 6. The number of aromatic nitrogens is 2. The minimum Gasteiger partial charge on any atom is -0.492 e. The third-order valence-corrected chi connectivity index (χ3v) is 4.54. The molecule has 3 aromatic rings. The molecule has 1 atom stereocenters. The largest absolute Gasteiger partial charge is 0.492 e. The number of H-pyrrole nitrogens is 1. The minimum absolute atomic E-state index is 0.106. The summed E-state index contributed by atoms with van der Waals surface area (Å²) in [6.45, 7) is 6.96. The number of hydrogen-bond donors (Lipinski definition) is 3. The molecule has 3 N–H and O–H groups in total. The van der Waals surface area contributed by atoms with Crippen LogP contribution >= 0.6 is 0 Å². The fourth-order valence-electron chi connectivity index (χ4n) is 3.00. The summed E-state index contributed by atoms with van der Waals surface area (Å²) in [7, 11) is 0. The van der Waals surface area contributed by atoms with E-state index in [-0.39, 0.29) is 12.2 Å². The molecule has 1 heterocycles. The lowest BCUT2D eigenvalue weighted by Gasteiger charge is -2.15. The molecule has 1 unspecified atom stereocenters. The number of aromatic amines is 1. The lowest BCUT2D eigenvalue weighted by atomic mass is 10.1. The highest BCUT2D eigenvalue weighted by molar-refractivity contribution is 5.80. The van der Waals surface area contributed by atoms with Gasteiger partial charge in [0, 0.05) is 13.1 Å². The second-order valence-electron chi connectivity index (χ2n) is 6.92. The summed E-state index contributed by atoms with van der Waals surface area (Å²) >= 11 is 0. The quantitative estimate of drug-likeness (QED) is 0.332. The predicted octanol–water partition coefficient (Wildman–Crippen LogP) is 2.37. The smallest absolute Gasteiger partial charge is 0.269 e. The second kappa shape index (κ2) is 10.6. The average molecular weight is 409 g/mol. The summed E-state index contributed by atoms with van der Waals surface area (Å²) in [4.78, 5) is 18.8. The van der Waals surface area contributed by atoms with Gasteiger partial charge < -0.3 is 24.9 Å². The van der Waals surface area contributed by atoms with E-state index < -0.39 is 6.10 Å². The van der Waals surface area contributed by atoms with Crippen LogP contribution in [0, 0.1) is 6.92 Å². The van der Waals surface area contributed by atoms with Crippen molar-refractivity contribution < 1.29 is 14.6 Å². The van der Waals surface area contributed by atoms with Crippen molar-refractivity contribution in [3.63, 3.8) is 0 Å². The van der Waals surface area contributed by atoms with Crippen LogP contribution in [0.3, 0.4) is 0 Å². The molecular formula is C23H27N3O4. The van der Waals surface area contributed by atoms with Gasteiger partial charge in [-0.2, -0.15) is 0 Å². The topological polar surface area (TPSA) is 96.5 Å². The Kier molecular flexibility index (Phi) is 7.59. The van der Waals surface area contributed by atoms with E-state index in [1.165, 1.54) is 0 Å². The van der Waals surface area contributed by atoms with Crippen molar-refractivity contribution in [2.24, 2.45) is 0 Å². The normalized spacial score (nSPS) is 11.9. The van der Waals surface area contributed by atoms with Crippen LogP contribution in [0.1, 0.15) is 11.3 Å². The molecule has 0 fully saturated rings. The summed E-state index contributed by atoms with van der Waals surface area (Å²) in [6, 6.07) is 13.2. The molecule has 0 saturated heterocycles. The number of para-hydroxylation sites is 2. The number of benzene rings is 2. The van der Waals surface area contributed by atoms with Gasteiger partial charge in [-0.25, -0.2) is 4.98 Å². The van der Waals surface area contributed by atoms with E-state index in [0.717, 1.165) is 17.7 Å². The van der Waals surface area contributed by atoms with Gasteiger partial charge >= 0.3 is 0 Å². The maximum absolute atomic E-state index is 11.7. The Bertz CT molecular complexity index is 1050. The first kappa shape index (κ1) is 21.5. The Balaban J connectivity index is 1.43. The molecular weight excluding hydrogens is 382 g/mol. The van der Waals surface area contributed by atoms with Gasteiger partial charge in [0.15, 0.2) is 0 Å². The van der Waals surface area contributed by atoms with Crippen LogP contribution in [-0.2, 0) is 6.42 Å². The Morgan fingerprint density at radius 3 is 2.83 bits per heavy atom. The minimum atomic E-state index is -0.697. The van der Waals surface area contributed by atoms with Crippen molar-refractivity contribution in [1.29, 1.82) is 0 Å². The maximum Gasteiger partial charge on any atom is 0.269 e. The van der Waals surface area contributed by atoms with Crippen LogP contribution in [0.25, 0.3) is 11.0 Å². The van der Waals surface area contributed by atoms with E-state index in [2.05, 4.69) is 21.9 Å². The van der Waals surface area contributed by atoms with Crippen LogP contribution in [-0.4, -0.2) is 47.5 Å². The molecule has 0 aliphatic rings. The van der Waals surface area contributed by atoms with Crippen LogP contribution in [0.4, 0.5) is 0 Å². The zero-order chi connectivity index (χ0) is 21.3. The summed E-state index contributed by atoms with van der Waals surface area (Å²) in [6.07, 6.45) is 1.91. The number of nitrogens with one attached hydrogen (secondary N) is 2. The van der Waals surface area contributed by atoms with Gasteiger partial charge in [-0.3, -0.25) is 4.79 Å². The third-order valence-electron chi connectivity index (χ3n) is 4.54. The lowest BCUT2D eigenvalue weighted by Crippen LogP contribution is -2.33. The zero-order valence-corrected chi connectivity index (χ0v) is 17.1. The highest BCUT2D eigenvalue weighted by Gasteiger charge is 2.10. The molecule has 30 heavy (non-hydrogen) atoms. The molecule has 0 bridgehead atoms. The number of nitrogens with zero attached hydrogens (tertiary/aromatic N) is 1. The number of rotatable bonds is 11. The van der Waals surface area contributed by atoms with E-state index in [4.69, 9.17) is 9.47 Å². The van der Waals surface area contributed by atoms with E-state index in [1.807, 2.05) is 30.3 Å². The van der Waals surface area contributed by atoms with Crippen molar-refractivity contribution in [2.75, 3.05) is 26.3 Å². The van der Waals surface area contributed by atoms with Gasteiger partial charge in [0.1, 0.15) is 42.0 Å². The number of aliphatic hydroxyl groups is 1. The number of aryl methyl sites for hydroxylation is 1. The SMILES string of the molecule is C=CCc1ccccc1OCCNCC(O)COc1cccc2[nH]c(=O)c(C)nc12. The van der Waals surface area contributed by atoms with Crippen LogP contribution in [0.15, 0.2) is 59.9 Å². The highest BCUT2D eigenvalue weighted by atomic mass is 16.5. The summed E-state index contributed by atoms with van der Waals surface area (Å²) in [5.74, 6) is 1.37. The van der Waals surface area contributed by atoms with Crippen molar-refractivity contribution in [3.8, 4) is 11.5 Å². The first-order chi connectivity index (χ1) is 14.6. The van der Waals surface area contributed by atoms with Crippen molar-refractivity contribution in [1.82, 2.24) is 15.3 Å². The fourth-order valence-corrected chi connectivity index (χ4v) is 3.00. The molecule has 1 aromatic heterocycles. The molecule has 7 nitrogen and oxygen atoms in total. The zero-order valence-electron chi connectivity index (χ0n) is 17.1. The Morgan fingerprint density at radius 1 is 1.20 bits per heavy atom. The van der Waals surface area contributed by atoms with E-state index >= 15 is 0 Å². The second-order valence-corrected chi connectivity index (χ2v) is 6.92. The molecule has 2 aromatic carbocycles. The number of allylic oxidation sites excluding steroid dienone is 1. The van der Waals surface area contributed by atoms with Crippen molar-refractivity contribution in [2.45, 2.75) is 19.4 Å². The van der Waals surface area contributed by atoms with Crippen molar-refractivity contribution in [3.05, 3.63) is 76.7 Å². The average Bonchev–Trinajstić information content (AvgIpc) is 2.74. The summed E-state index contributed by atoms with van der Waals surface area (Å²) in [5, 5.41) is 13.4. The molecule has 0 saturated carbocycles. The molecule has 3 rings (SSSR count). The molecule has 0 radical (unpaired) electrons. The van der Waals surface area contributed by atoms with Gasteiger partial charge in [0.25, 0.3) is 5.56 Å². The Morgan fingerprint density at radius 2 is 2.00 bits per heavy atom. The summed E-state index contributed by atoms with van der Waals surface area (Å²) in [5.41, 5.74) is 2.42. The first-order valence-corrected chi connectivity index (χ1v) is 9.91. The molecule has 0 aliphatic heterocycles. The van der Waals surface area contributed by atoms with Crippen molar-refractivity contribution >= 4 is 11.0 Å². The number of fused-ring (bicyclic) bond motifs is 1. The van der Waals surface area contributed by atoms with Gasteiger partial charge in [0.2, 0.25) is 0 Å². The highest BCUT2D eigenvalue weighted by Crippen LogP contribution is 2.21. The Hall–Kier alpha value is -3.16. The number of aliphatic hydroxyl groups excluding tert-OH is 1. The lowest BCUT2D eigenvalue weighted by molar-refractivity contribution is 0.106. The molecule has 158 valence electrons. The molecule has 0 amide bonds. The fraction of sp³-hybridized carbons (Fsp3) is 0.304.